The van der Waals surface area contributed by atoms with Crippen LogP contribution in [0.25, 0.3) is 0 Å². The molecule has 2 heterocycles. The van der Waals surface area contributed by atoms with E-state index in [2.05, 4.69) is 22.1 Å². The van der Waals surface area contributed by atoms with Crippen molar-refractivity contribution in [3.05, 3.63) is 16.6 Å². The lowest BCUT2D eigenvalue weighted by Gasteiger charge is -2.38. The van der Waals surface area contributed by atoms with Crippen LogP contribution in [0.4, 0.5) is 0 Å². The molecule has 0 bridgehead atoms. The minimum Gasteiger partial charge on any atom is -0.311 e. The second-order valence-electron chi connectivity index (χ2n) is 5.10. The van der Waals surface area contributed by atoms with Crippen molar-refractivity contribution in [1.29, 1.82) is 0 Å². The molecule has 3 nitrogen and oxygen atoms in total. The van der Waals surface area contributed by atoms with Gasteiger partial charge in [0, 0.05) is 42.8 Å². The summed E-state index contributed by atoms with van der Waals surface area (Å²) in [7, 11) is 0. The number of nitrogens with one attached hydrogen (secondary N) is 1. The molecule has 0 aromatic carbocycles. The standard InChI is InChI=1S/C12H19N3S/c1-9-4-14-12(10-2-3-10)7-15(9)6-11-5-13-8-16-11/h5,8-10,12,14H,2-4,6-7H2,1H3. The summed E-state index contributed by atoms with van der Waals surface area (Å²) in [5.41, 5.74) is 1.93. The zero-order valence-electron chi connectivity index (χ0n) is 9.72. The third-order valence-electron chi connectivity index (χ3n) is 3.76. The molecule has 1 N–H and O–H groups in total. The van der Waals surface area contributed by atoms with Crippen molar-refractivity contribution >= 4 is 11.3 Å². The number of piperazine rings is 1. The molecule has 1 aliphatic carbocycles. The topological polar surface area (TPSA) is 28.2 Å². The highest BCUT2D eigenvalue weighted by Gasteiger charge is 2.35. The van der Waals surface area contributed by atoms with Gasteiger partial charge in [-0.05, 0) is 25.7 Å². The van der Waals surface area contributed by atoms with Crippen LogP contribution < -0.4 is 5.32 Å². The van der Waals surface area contributed by atoms with Gasteiger partial charge in [0.1, 0.15) is 0 Å². The van der Waals surface area contributed by atoms with E-state index in [0.717, 1.165) is 25.0 Å². The highest BCUT2D eigenvalue weighted by atomic mass is 32.1. The van der Waals surface area contributed by atoms with Crippen LogP contribution in [0.2, 0.25) is 0 Å². The minimum absolute atomic E-state index is 0.650. The van der Waals surface area contributed by atoms with Crippen LogP contribution in [0.15, 0.2) is 11.7 Å². The Morgan fingerprint density at radius 3 is 3.12 bits per heavy atom. The van der Waals surface area contributed by atoms with Crippen LogP contribution in [0.1, 0.15) is 24.6 Å². The fourth-order valence-electron chi connectivity index (χ4n) is 2.50. The second-order valence-corrected chi connectivity index (χ2v) is 6.07. The van der Waals surface area contributed by atoms with Gasteiger partial charge in [-0.2, -0.15) is 0 Å². The van der Waals surface area contributed by atoms with E-state index < -0.39 is 0 Å². The molecule has 0 radical (unpaired) electrons. The molecule has 0 spiro atoms. The van der Waals surface area contributed by atoms with Crippen LogP contribution in [0.3, 0.4) is 0 Å². The fourth-order valence-corrected chi connectivity index (χ4v) is 3.12. The summed E-state index contributed by atoms with van der Waals surface area (Å²) in [6, 6.07) is 1.39. The van der Waals surface area contributed by atoms with E-state index in [9.17, 15) is 0 Å². The van der Waals surface area contributed by atoms with Crippen LogP contribution in [0, 0.1) is 5.92 Å². The Bertz CT molecular complexity index is 334. The quantitative estimate of drug-likeness (QED) is 0.867. The first-order valence-electron chi connectivity index (χ1n) is 6.18. The molecule has 4 heteroatoms. The maximum Gasteiger partial charge on any atom is 0.0794 e. The van der Waals surface area contributed by atoms with Gasteiger partial charge in [0.15, 0.2) is 0 Å². The van der Waals surface area contributed by atoms with Gasteiger partial charge < -0.3 is 5.32 Å². The normalized spacial score (nSPS) is 31.8. The number of aromatic nitrogens is 1. The molecule has 1 aliphatic heterocycles. The maximum absolute atomic E-state index is 4.16. The number of rotatable bonds is 3. The van der Waals surface area contributed by atoms with Crippen molar-refractivity contribution in [2.24, 2.45) is 5.92 Å². The third kappa shape index (κ3) is 2.29. The van der Waals surface area contributed by atoms with Crippen molar-refractivity contribution in [1.82, 2.24) is 15.2 Å². The summed E-state index contributed by atoms with van der Waals surface area (Å²) in [4.78, 5) is 8.15. The number of hydrogen-bond acceptors (Lipinski definition) is 4. The SMILES string of the molecule is CC1CNC(C2CC2)CN1Cc1cncs1. The number of thiazole rings is 1. The first kappa shape index (κ1) is 10.7. The van der Waals surface area contributed by atoms with Gasteiger partial charge >= 0.3 is 0 Å². The Labute approximate surface area is 101 Å². The van der Waals surface area contributed by atoms with E-state index in [1.807, 2.05) is 11.7 Å². The summed E-state index contributed by atoms with van der Waals surface area (Å²) >= 11 is 1.77. The predicted octanol–water partition coefficient (Wildman–Crippen LogP) is 1.72. The van der Waals surface area contributed by atoms with Gasteiger partial charge in [0.2, 0.25) is 0 Å². The molecule has 1 aromatic heterocycles. The van der Waals surface area contributed by atoms with Crippen LogP contribution >= 0.6 is 11.3 Å². The third-order valence-corrected chi connectivity index (χ3v) is 4.53. The van der Waals surface area contributed by atoms with Crippen molar-refractivity contribution in [2.45, 2.75) is 38.4 Å². The Morgan fingerprint density at radius 2 is 2.44 bits per heavy atom. The zero-order valence-corrected chi connectivity index (χ0v) is 10.5. The smallest absolute Gasteiger partial charge is 0.0794 e. The van der Waals surface area contributed by atoms with Crippen molar-refractivity contribution in [2.75, 3.05) is 13.1 Å². The van der Waals surface area contributed by atoms with Gasteiger partial charge in [-0.15, -0.1) is 11.3 Å². The first-order valence-corrected chi connectivity index (χ1v) is 7.05. The highest BCUT2D eigenvalue weighted by molar-refractivity contribution is 7.09. The molecule has 2 aliphatic rings. The Morgan fingerprint density at radius 1 is 1.56 bits per heavy atom. The molecule has 3 rings (SSSR count). The fraction of sp³-hybridized carbons (Fsp3) is 0.750. The highest BCUT2D eigenvalue weighted by Crippen LogP contribution is 2.34. The minimum atomic E-state index is 0.650. The van der Waals surface area contributed by atoms with Gasteiger partial charge in [-0.3, -0.25) is 9.88 Å². The van der Waals surface area contributed by atoms with Gasteiger partial charge in [0.05, 0.1) is 5.51 Å². The molecular weight excluding hydrogens is 218 g/mol. The average Bonchev–Trinajstić information content (AvgIpc) is 3.01. The van der Waals surface area contributed by atoms with Gasteiger partial charge in [0.25, 0.3) is 0 Å². The first-order chi connectivity index (χ1) is 7.83. The Hall–Kier alpha value is -0.450. The van der Waals surface area contributed by atoms with E-state index in [0.29, 0.717) is 6.04 Å². The lowest BCUT2D eigenvalue weighted by Crippen LogP contribution is -2.55. The molecule has 1 saturated carbocycles. The Balaban J connectivity index is 1.62. The molecule has 88 valence electrons. The molecule has 0 amide bonds. The van der Waals surface area contributed by atoms with E-state index in [4.69, 9.17) is 0 Å². The summed E-state index contributed by atoms with van der Waals surface area (Å²) in [5, 5.41) is 3.69. The molecule has 2 unspecified atom stereocenters. The second kappa shape index (κ2) is 4.43. The molecule has 1 saturated heterocycles. The summed E-state index contributed by atoms with van der Waals surface area (Å²) in [6.45, 7) is 5.75. The summed E-state index contributed by atoms with van der Waals surface area (Å²) in [6.07, 6.45) is 4.87. The lowest BCUT2D eigenvalue weighted by molar-refractivity contribution is 0.126. The molecular formula is C12H19N3S. The van der Waals surface area contributed by atoms with E-state index in [1.165, 1.54) is 24.3 Å². The molecule has 16 heavy (non-hydrogen) atoms. The summed E-state index contributed by atoms with van der Waals surface area (Å²) < 4.78 is 0. The van der Waals surface area contributed by atoms with Crippen LogP contribution in [-0.2, 0) is 6.54 Å². The average molecular weight is 237 g/mol. The van der Waals surface area contributed by atoms with E-state index in [1.54, 1.807) is 11.3 Å². The van der Waals surface area contributed by atoms with Crippen molar-refractivity contribution < 1.29 is 0 Å². The largest absolute Gasteiger partial charge is 0.311 e. The van der Waals surface area contributed by atoms with Gasteiger partial charge in [-0.1, -0.05) is 0 Å². The summed E-state index contributed by atoms with van der Waals surface area (Å²) in [5.74, 6) is 0.955. The zero-order chi connectivity index (χ0) is 11.0. The van der Waals surface area contributed by atoms with Crippen LogP contribution in [-0.4, -0.2) is 35.1 Å². The maximum atomic E-state index is 4.16. The molecule has 2 atom stereocenters. The Kier molecular flexibility index (Phi) is 2.96. The van der Waals surface area contributed by atoms with E-state index in [-0.39, 0.29) is 0 Å². The predicted molar refractivity (Wildman–Crippen MR) is 66.5 cm³/mol. The number of nitrogens with zero attached hydrogens (tertiary/aromatic N) is 2. The van der Waals surface area contributed by atoms with Crippen molar-refractivity contribution in [3.63, 3.8) is 0 Å². The molecule has 2 fully saturated rings. The van der Waals surface area contributed by atoms with Gasteiger partial charge in [-0.25, -0.2) is 0 Å². The molecule has 1 aromatic rings. The van der Waals surface area contributed by atoms with Crippen molar-refractivity contribution in [3.8, 4) is 0 Å². The van der Waals surface area contributed by atoms with E-state index >= 15 is 0 Å². The van der Waals surface area contributed by atoms with Crippen LogP contribution in [0.5, 0.6) is 0 Å². The monoisotopic (exact) mass is 237 g/mol. The lowest BCUT2D eigenvalue weighted by atomic mass is 10.1. The number of hydrogen-bond donors (Lipinski definition) is 1.